The van der Waals surface area contributed by atoms with Gasteiger partial charge < -0.3 is 4.90 Å². The average Bonchev–Trinajstić information content (AvgIpc) is 2.45. The van der Waals surface area contributed by atoms with Gasteiger partial charge in [-0.1, -0.05) is 18.1 Å². The molecule has 1 fully saturated rings. The van der Waals surface area contributed by atoms with Crippen molar-refractivity contribution in [1.29, 1.82) is 0 Å². The Kier molecular flexibility index (Phi) is 4.03. The maximum Gasteiger partial charge on any atom is 0.393 e. The van der Waals surface area contributed by atoms with Gasteiger partial charge in [0, 0.05) is 18.7 Å². The van der Waals surface area contributed by atoms with E-state index in [2.05, 4.69) is 5.92 Å². The van der Waals surface area contributed by atoms with Crippen LogP contribution in [0.4, 0.5) is 13.2 Å². The molecule has 0 aromatic heterocycles. The molecular weight excluding hydrogens is 267 g/mol. The third-order valence-electron chi connectivity index (χ3n) is 3.48. The molecule has 2 nitrogen and oxygen atoms in total. The van der Waals surface area contributed by atoms with Gasteiger partial charge in [-0.15, -0.1) is 6.42 Å². The second-order valence-corrected chi connectivity index (χ2v) is 4.82. The van der Waals surface area contributed by atoms with Gasteiger partial charge in [-0.25, -0.2) is 0 Å². The molecule has 1 aromatic carbocycles. The predicted octanol–water partition coefficient (Wildman–Crippen LogP) is 3.08. The topological polar surface area (TPSA) is 20.3 Å². The first-order valence-corrected chi connectivity index (χ1v) is 6.35. The van der Waals surface area contributed by atoms with E-state index in [-0.39, 0.29) is 18.5 Å². The van der Waals surface area contributed by atoms with Gasteiger partial charge in [0.05, 0.1) is 11.5 Å². The van der Waals surface area contributed by atoms with Crippen molar-refractivity contribution >= 4 is 5.91 Å². The highest BCUT2D eigenvalue weighted by molar-refractivity contribution is 5.96. The van der Waals surface area contributed by atoms with E-state index in [9.17, 15) is 18.0 Å². The molecule has 0 spiro atoms. The smallest absolute Gasteiger partial charge is 0.338 e. The maximum atomic E-state index is 12.8. The fraction of sp³-hybridized carbons (Fsp3) is 0.400. The molecule has 20 heavy (non-hydrogen) atoms. The number of hydrogen-bond donors (Lipinski definition) is 0. The molecule has 5 heteroatoms. The van der Waals surface area contributed by atoms with E-state index < -0.39 is 18.0 Å². The second-order valence-electron chi connectivity index (χ2n) is 4.82. The first-order valence-electron chi connectivity index (χ1n) is 6.35. The lowest BCUT2D eigenvalue weighted by Crippen LogP contribution is -2.44. The normalized spacial score (nSPS) is 19.5. The number of carbonyl (C=O) groups excluding carboxylic acids is 1. The number of carbonyl (C=O) groups is 1. The molecule has 1 aliphatic heterocycles. The summed E-state index contributed by atoms with van der Waals surface area (Å²) in [6.45, 7) is 0.0472. The molecule has 1 heterocycles. The Morgan fingerprint density at radius 2 is 2.05 bits per heavy atom. The van der Waals surface area contributed by atoms with Gasteiger partial charge in [-0.05, 0) is 25.0 Å². The lowest BCUT2D eigenvalue weighted by atomic mass is 9.96. The number of likely N-dealkylation sites (tertiary alicyclic amines) is 1. The minimum atomic E-state index is -4.26. The zero-order valence-electron chi connectivity index (χ0n) is 10.8. The number of alkyl halides is 3. The van der Waals surface area contributed by atoms with Crippen LogP contribution in [0.25, 0.3) is 0 Å². The highest BCUT2D eigenvalue weighted by atomic mass is 19.4. The summed E-state index contributed by atoms with van der Waals surface area (Å²) in [7, 11) is 0. The van der Waals surface area contributed by atoms with Crippen molar-refractivity contribution in [2.24, 2.45) is 5.92 Å². The van der Waals surface area contributed by atoms with E-state index >= 15 is 0 Å². The van der Waals surface area contributed by atoms with Crippen LogP contribution in [-0.2, 0) is 0 Å². The molecule has 0 aliphatic carbocycles. The molecule has 0 radical (unpaired) electrons. The molecule has 1 saturated heterocycles. The Bertz CT molecular complexity index is 545. The summed E-state index contributed by atoms with van der Waals surface area (Å²) in [6, 6.07) is 6.51. The minimum absolute atomic E-state index is 0.0735. The van der Waals surface area contributed by atoms with Gasteiger partial charge in [-0.2, -0.15) is 13.2 Å². The summed E-state index contributed by atoms with van der Waals surface area (Å²) in [5, 5.41) is 0. The van der Waals surface area contributed by atoms with Crippen molar-refractivity contribution in [3.63, 3.8) is 0 Å². The number of rotatable bonds is 1. The molecule has 1 unspecified atom stereocenters. The van der Waals surface area contributed by atoms with Crippen LogP contribution < -0.4 is 0 Å². The zero-order valence-corrected chi connectivity index (χ0v) is 10.8. The molecule has 1 atom stereocenters. The molecule has 106 valence electrons. The van der Waals surface area contributed by atoms with Crippen LogP contribution in [0.15, 0.2) is 24.3 Å². The van der Waals surface area contributed by atoms with Crippen LogP contribution in [0.3, 0.4) is 0 Å². The number of hydrogen-bond acceptors (Lipinski definition) is 1. The van der Waals surface area contributed by atoms with Gasteiger partial charge in [0.15, 0.2) is 0 Å². The number of piperidine rings is 1. The number of nitrogens with zero attached hydrogens (tertiary/aromatic N) is 1. The Labute approximate surface area is 115 Å². The molecule has 1 aliphatic rings. The zero-order chi connectivity index (χ0) is 14.8. The van der Waals surface area contributed by atoms with Crippen LogP contribution in [0.1, 0.15) is 28.8 Å². The van der Waals surface area contributed by atoms with Gasteiger partial charge in [0.25, 0.3) is 5.91 Å². The first kappa shape index (κ1) is 14.4. The lowest BCUT2D eigenvalue weighted by molar-refractivity contribution is -0.184. The number of terminal acetylenes is 1. The number of benzene rings is 1. The third-order valence-corrected chi connectivity index (χ3v) is 3.48. The van der Waals surface area contributed by atoms with Gasteiger partial charge >= 0.3 is 6.18 Å². The van der Waals surface area contributed by atoms with Gasteiger partial charge in [0.2, 0.25) is 0 Å². The molecule has 0 N–H and O–H groups in total. The average molecular weight is 281 g/mol. The van der Waals surface area contributed by atoms with Crippen molar-refractivity contribution < 1.29 is 18.0 Å². The van der Waals surface area contributed by atoms with Gasteiger partial charge in [0.1, 0.15) is 0 Å². The van der Waals surface area contributed by atoms with Crippen molar-refractivity contribution in [3.05, 3.63) is 35.4 Å². The van der Waals surface area contributed by atoms with Crippen molar-refractivity contribution in [1.82, 2.24) is 4.90 Å². The van der Waals surface area contributed by atoms with Crippen LogP contribution in [0, 0.1) is 18.3 Å². The summed E-state index contributed by atoms with van der Waals surface area (Å²) >= 11 is 0. The first-order chi connectivity index (χ1) is 9.43. The van der Waals surface area contributed by atoms with Crippen molar-refractivity contribution in [3.8, 4) is 12.3 Å². The Morgan fingerprint density at radius 3 is 2.70 bits per heavy atom. The highest BCUT2D eigenvalue weighted by Crippen LogP contribution is 2.33. The van der Waals surface area contributed by atoms with Crippen molar-refractivity contribution in [2.75, 3.05) is 13.1 Å². The Hall–Kier alpha value is -1.96. The highest BCUT2D eigenvalue weighted by Gasteiger charge is 2.42. The monoisotopic (exact) mass is 281 g/mol. The third kappa shape index (κ3) is 2.96. The van der Waals surface area contributed by atoms with E-state index in [0.29, 0.717) is 18.5 Å². The summed E-state index contributed by atoms with van der Waals surface area (Å²) < 4.78 is 38.3. The van der Waals surface area contributed by atoms with E-state index in [4.69, 9.17) is 6.42 Å². The standard InChI is InChI=1S/C15H14F3NO/c1-2-11-6-3-4-8-13(11)14(20)19-9-5-7-12(10-19)15(16,17)18/h1,3-4,6,8,12H,5,7,9-10H2. The summed E-state index contributed by atoms with van der Waals surface area (Å²) in [6.07, 6.45) is 1.48. The quantitative estimate of drug-likeness (QED) is 0.724. The SMILES string of the molecule is C#Cc1ccccc1C(=O)N1CCCC(C(F)(F)F)C1. The largest absolute Gasteiger partial charge is 0.393 e. The summed E-state index contributed by atoms with van der Waals surface area (Å²) in [5.74, 6) is 0.518. The van der Waals surface area contributed by atoms with Crippen LogP contribution in [0.5, 0.6) is 0 Å². The Morgan fingerprint density at radius 1 is 1.35 bits per heavy atom. The molecule has 0 saturated carbocycles. The fourth-order valence-electron chi connectivity index (χ4n) is 2.39. The lowest BCUT2D eigenvalue weighted by Gasteiger charge is -2.34. The maximum absolute atomic E-state index is 12.8. The van der Waals surface area contributed by atoms with E-state index in [1.165, 1.54) is 4.90 Å². The number of halogens is 3. The van der Waals surface area contributed by atoms with E-state index in [1.807, 2.05) is 0 Å². The molecule has 2 rings (SSSR count). The predicted molar refractivity (Wildman–Crippen MR) is 69.1 cm³/mol. The molecule has 1 amide bonds. The van der Waals surface area contributed by atoms with Crippen molar-refractivity contribution in [2.45, 2.75) is 19.0 Å². The summed E-state index contributed by atoms with van der Waals surface area (Å²) in [5.41, 5.74) is 0.699. The molecular formula is C15H14F3NO. The van der Waals surface area contributed by atoms with E-state index in [1.54, 1.807) is 24.3 Å². The summed E-state index contributed by atoms with van der Waals surface area (Å²) in [4.78, 5) is 13.6. The fourth-order valence-corrected chi connectivity index (χ4v) is 2.39. The minimum Gasteiger partial charge on any atom is -0.338 e. The Balaban J connectivity index is 2.19. The van der Waals surface area contributed by atoms with E-state index in [0.717, 1.165) is 0 Å². The number of amides is 1. The van der Waals surface area contributed by atoms with Crippen LogP contribution in [0.2, 0.25) is 0 Å². The van der Waals surface area contributed by atoms with Crippen LogP contribution in [-0.4, -0.2) is 30.1 Å². The van der Waals surface area contributed by atoms with Crippen LogP contribution >= 0.6 is 0 Å². The van der Waals surface area contributed by atoms with Gasteiger partial charge in [-0.3, -0.25) is 4.79 Å². The second kappa shape index (κ2) is 5.58. The molecule has 1 aromatic rings. The molecule has 0 bridgehead atoms.